The van der Waals surface area contributed by atoms with Crippen LogP contribution in [0.15, 0.2) is 78.4 Å². The van der Waals surface area contributed by atoms with Gasteiger partial charge in [-0.15, -0.1) is 0 Å². The molecule has 7 heteroatoms. The highest BCUT2D eigenvalue weighted by Crippen LogP contribution is 2.21. The third-order valence-corrected chi connectivity index (χ3v) is 6.89. The molecule has 0 saturated heterocycles. The number of carbonyl (C=O) groups is 3. The Morgan fingerprint density at radius 3 is 2.27 bits per heavy atom. The van der Waals surface area contributed by atoms with Crippen molar-refractivity contribution < 1.29 is 14.4 Å². The molecule has 0 saturated carbocycles. The summed E-state index contributed by atoms with van der Waals surface area (Å²) in [5.74, 6) is -0.860. The van der Waals surface area contributed by atoms with Gasteiger partial charge in [-0.05, 0) is 61.6 Å². The SMILES string of the molecule is C/C=C\C(=C/CC)C[C@H](C(=O)NC)N(C)C(=O)[C@@H](Cc1ccc2ccccc2c1)N(C)C(=O)/C=C/CC(C)(C)N. The molecule has 0 aliphatic carbocycles. The van der Waals surface area contributed by atoms with E-state index < -0.39 is 17.6 Å². The lowest BCUT2D eigenvalue weighted by Gasteiger charge is -2.34. The maximum atomic E-state index is 14.1. The first-order chi connectivity index (χ1) is 18.9. The fourth-order valence-electron chi connectivity index (χ4n) is 4.59. The zero-order valence-electron chi connectivity index (χ0n) is 25.1. The first kappa shape index (κ1) is 32.5. The third-order valence-electron chi connectivity index (χ3n) is 6.89. The van der Waals surface area contributed by atoms with E-state index in [0.717, 1.165) is 28.3 Å². The van der Waals surface area contributed by atoms with Gasteiger partial charge in [0.1, 0.15) is 12.1 Å². The van der Waals surface area contributed by atoms with Crippen molar-refractivity contribution in [3.63, 3.8) is 0 Å². The van der Waals surface area contributed by atoms with E-state index >= 15 is 0 Å². The Kier molecular flexibility index (Phi) is 12.3. The Labute approximate surface area is 239 Å². The standard InChI is InChI=1S/C33H46N4O3/c1-8-13-24(14-9-2)22-28(31(39)35-5)37(7)32(40)29(36(6)30(38)17-12-20-33(3,4)34)23-25-18-19-26-15-10-11-16-27(26)21-25/h8,10-19,21,28-29H,9,20,22-23,34H2,1-7H3,(H,35,39)/b13-8-,17-12+,24-14+/t28-,29-/m1/s1. The van der Waals surface area contributed by atoms with Crippen molar-refractivity contribution in [2.45, 2.75) is 71.0 Å². The van der Waals surface area contributed by atoms with Crippen LogP contribution in [0.1, 0.15) is 52.5 Å². The van der Waals surface area contributed by atoms with E-state index in [-0.39, 0.29) is 17.7 Å². The summed E-state index contributed by atoms with van der Waals surface area (Å²) in [7, 11) is 4.84. The van der Waals surface area contributed by atoms with Gasteiger partial charge in [0.2, 0.25) is 17.7 Å². The third kappa shape index (κ3) is 9.49. The number of benzene rings is 2. The Balaban J connectivity index is 2.46. The summed E-state index contributed by atoms with van der Waals surface area (Å²) < 4.78 is 0. The van der Waals surface area contributed by atoms with Crippen molar-refractivity contribution in [2.75, 3.05) is 21.1 Å². The molecule has 0 aliphatic heterocycles. The predicted octanol–water partition coefficient (Wildman–Crippen LogP) is 4.77. The number of hydrogen-bond donors (Lipinski definition) is 2. The molecule has 0 bridgehead atoms. The van der Waals surface area contributed by atoms with Gasteiger partial charge in [0.15, 0.2) is 0 Å². The van der Waals surface area contributed by atoms with E-state index in [2.05, 4.69) is 11.4 Å². The summed E-state index contributed by atoms with van der Waals surface area (Å²) in [5.41, 5.74) is 7.51. The van der Waals surface area contributed by atoms with E-state index in [1.54, 1.807) is 27.2 Å². The summed E-state index contributed by atoms with van der Waals surface area (Å²) >= 11 is 0. The van der Waals surface area contributed by atoms with E-state index in [0.29, 0.717) is 19.3 Å². The monoisotopic (exact) mass is 546 g/mol. The highest BCUT2D eigenvalue weighted by Gasteiger charge is 2.34. The van der Waals surface area contributed by atoms with Crippen molar-refractivity contribution in [1.29, 1.82) is 0 Å². The lowest BCUT2D eigenvalue weighted by atomic mass is 9.98. The molecule has 0 heterocycles. The van der Waals surface area contributed by atoms with Crippen LogP contribution in [-0.2, 0) is 20.8 Å². The van der Waals surface area contributed by atoms with Crippen LogP contribution in [0.4, 0.5) is 0 Å². The molecule has 2 aromatic carbocycles. The van der Waals surface area contributed by atoms with Gasteiger partial charge in [-0.1, -0.05) is 73.7 Å². The van der Waals surface area contributed by atoms with Gasteiger partial charge in [-0.25, -0.2) is 0 Å². The molecule has 0 aliphatic rings. The molecular weight excluding hydrogens is 500 g/mol. The van der Waals surface area contributed by atoms with E-state index in [4.69, 9.17) is 5.73 Å². The second kappa shape index (κ2) is 15.2. The molecule has 0 radical (unpaired) electrons. The molecule has 0 unspecified atom stereocenters. The molecule has 0 fully saturated rings. The van der Waals surface area contributed by atoms with E-state index in [1.807, 2.05) is 82.3 Å². The van der Waals surface area contributed by atoms with Crippen molar-refractivity contribution >= 4 is 28.5 Å². The average molecular weight is 547 g/mol. The molecule has 7 nitrogen and oxygen atoms in total. The van der Waals surface area contributed by atoms with Crippen LogP contribution in [0.2, 0.25) is 0 Å². The number of nitrogens with zero attached hydrogens (tertiary/aromatic N) is 2. The number of likely N-dealkylation sites (N-methyl/N-ethyl adjacent to an activating group) is 3. The second-order valence-electron chi connectivity index (χ2n) is 10.9. The molecule has 0 spiro atoms. The minimum absolute atomic E-state index is 0.258. The Morgan fingerprint density at radius 2 is 1.68 bits per heavy atom. The van der Waals surface area contributed by atoms with Crippen LogP contribution < -0.4 is 11.1 Å². The predicted molar refractivity (Wildman–Crippen MR) is 165 cm³/mol. The zero-order valence-corrected chi connectivity index (χ0v) is 25.1. The molecular formula is C33H46N4O3. The first-order valence-electron chi connectivity index (χ1n) is 13.9. The van der Waals surface area contributed by atoms with Crippen LogP contribution in [-0.4, -0.2) is 66.3 Å². The number of fused-ring (bicyclic) bond motifs is 1. The smallest absolute Gasteiger partial charge is 0.246 e. The fourth-order valence-corrected chi connectivity index (χ4v) is 4.59. The largest absolute Gasteiger partial charge is 0.357 e. The molecule has 0 aromatic heterocycles. The minimum Gasteiger partial charge on any atom is -0.357 e. The van der Waals surface area contributed by atoms with Gasteiger partial charge in [0, 0.05) is 39.5 Å². The molecule has 2 atom stereocenters. The molecule has 216 valence electrons. The number of hydrogen-bond acceptors (Lipinski definition) is 4. The normalized spacial score (nSPS) is 13.9. The molecule has 40 heavy (non-hydrogen) atoms. The number of rotatable bonds is 13. The summed E-state index contributed by atoms with van der Waals surface area (Å²) in [6, 6.07) is 12.5. The maximum absolute atomic E-state index is 14.1. The number of nitrogens with two attached hydrogens (primary N) is 1. The van der Waals surface area contributed by atoms with Crippen LogP contribution >= 0.6 is 0 Å². The Hall–Kier alpha value is -3.71. The van der Waals surface area contributed by atoms with Gasteiger partial charge in [0.25, 0.3) is 0 Å². The zero-order chi connectivity index (χ0) is 29.9. The molecule has 3 N–H and O–H groups in total. The first-order valence-corrected chi connectivity index (χ1v) is 13.9. The fraction of sp³-hybridized carbons (Fsp3) is 0.424. The van der Waals surface area contributed by atoms with Crippen molar-refractivity contribution in [2.24, 2.45) is 5.73 Å². The summed E-state index contributed by atoms with van der Waals surface area (Å²) in [5, 5.41) is 4.86. The number of carbonyl (C=O) groups excluding carboxylic acids is 3. The quantitative estimate of drug-likeness (QED) is 0.280. The Bertz CT molecular complexity index is 1260. The topological polar surface area (TPSA) is 95.7 Å². The van der Waals surface area contributed by atoms with E-state index in [1.165, 1.54) is 15.9 Å². The highest BCUT2D eigenvalue weighted by atomic mass is 16.2. The van der Waals surface area contributed by atoms with Gasteiger partial charge in [-0.2, -0.15) is 0 Å². The molecule has 2 aromatic rings. The molecule has 2 rings (SSSR count). The van der Waals surface area contributed by atoms with Crippen molar-refractivity contribution in [3.05, 3.63) is 84.0 Å². The maximum Gasteiger partial charge on any atom is 0.246 e. The van der Waals surface area contributed by atoms with Crippen LogP contribution in [0.3, 0.4) is 0 Å². The van der Waals surface area contributed by atoms with E-state index in [9.17, 15) is 14.4 Å². The number of allylic oxidation sites excluding steroid dienone is 3. The van der Waals surface area contributed by atoms with Crippen LogP contribution in [0, 0.1) is 0 Å². The van der Waals surface area contributed by atoms with Gasteiger partial charge in [0.05, 0.1) is 0 Å². The van der Waals surface area contributed by atoms with Crippen molar-refractivity contribution in [1.82, 2.24) is 15.1 Å². The number of amides is 3. The van der Waals surface area contributed by atoms with Crippen LogP contribution in [0.25, 0.3) is 10.8 Å². The summed E-state index contributed by atoms with van der Waals surface area (Å²) in [6.07, 6.45) is 11.2. The Morgan fingerprint density at radius 1 is 1.00 bits per heavy atom. The van der Waals surface area contributed by atoms with Crippen LogP contribution in [0.5, 0.6) is 0 Å². The second-order valence-corrected chi connectivity index (χ2v) is 10.9. The lowest BCUT2D eigenvalue weighted by Crippen LogP contribution is -2.55. The summed E-state index contributed by atoms with van der Waals surface area (Å²) in [4.78, 5) is 43.3. The highest BCUT2D eigenvalue weighted by molar-refractivity contribution is 5.95. The summed E-state index contributed by atoms with van der Waals surface area (Å²) in [6.45, 7) is 7.74. The average Bonchev–Trinajstić information content (AvgIpc) is 2.92. The van der Waals surface area contributed by atoms with Gasteiger partial charge in [-0.3, -0.25) is 14.4 Å². The molecule has 3 amide bonds. The minimum atomic E-state index is -0.818. The number of nitrogens with one attached hydrogen (secondary N) is 1. The van der Waals surface area contributed by atoms with Gasteiger partial charge >= 0.3 is 0 Å². The van der Waals surface area contributed by atoms with Crippen molar-refractivity contribution in [3.8, 4) is 0 Å². The van der Waals surface area contributed by atoms with Gasteiger partial charge < -0.3 is 20.9 Å². The lowest BCUT2D eigenvalue weighted by molar-refractivity contribution is -0.146.